The zero-order valence-electron chi connectivity index (χ0n) is 12.1. The lowest BCUT2D eigenvalue weighted by molar-refractivity contribution is 0.495. The number of aryl methyl sites for hydroxylation is 1. The third kappa shape index (κ3) is 3.03. The van der Waals surface area contributed by atoms with Crippen LogP contribution in [-0.4, -0.2) is 29.1 Å². The normalized spacial score (nSPS) is 16.2. The molecule has 3 rings (SSSR count). The van der Waals surface area contributed by atoms with E-state index in [2.05, 4.69) is 14.9 Å². The Labute approximate surface area is 123 Å². The molecule has 5 heteroatoms. The Hall–Kier alpha value is -2.01. The molecule has 0 amide bonds. The fourth-order valence-electron chi connectivity index (χ4n) is 2.51. The summed E-state index contributed by atoms with van der Waals surface area (Å²) >= 11 is 0. The Morgan fingerprint density at radius 2 is 2.00 bits per heavy atom. The highest BCUT2D eigenvalue weighted by Gasteiger charge is 2.18. The Morgan fingerprint density at radius 3 is 2.71 bits per heavy atom. The van der Waals surface area contributed by atoms with Crippen molar-refractivity contribution >= 4 is 5.95 Å². The van der Waals surface area contributed by atoms with Gasteiger partial charge in [0.25, 0.3) is 0 Å². The van der Waals surface area contributed by atoms with Crippen LogP contribution in [-0.2, 0) is 0 Å². The van der Waals surface area contributed by atoms with E-state index in [-0.39, 0.29) is 11.9 Å². The fraction of sp³-hybridized carbons (Fsp3) is 0.375. The quantitative estimate of drug-likeness (QED) is 0.921. The van der Waals surface area contributed by atoms with E-state index in [1.807, 2.05) is 12.1 Å². The number of piperidine rings is 1. The molecular formula is C16H19FN4. The van der Waals surface area contributed by atoms with E-state index < -0.39 is 0 Å². The summed E-state index contributed by atoms with van der Waals surface area (Å²) < 4.78 is 13.7. The predicted molar refractivity (Wildman–Crippen MR) is 81.6 cm³/mol. The van der Waals surface area contributed by atoms with Gasteiger partial charge in [-0.1, -0.05) is 12.1 Å². The maximum atomic E-state index is 13.7. The van der Waals surface area contributed by atoms with Crippen LogP contribution in [0.4, 0.5) is 10.3 Å². The van der Waals surface area contributed by atoms with Crippen LogP contribution in [0.15, 0.2) is 30.5 Å². The molecule has 1 aliphatic heterocycles. The summed E-state index contributed by atoms with van der Waals surface area (Å²) in [7, 11) is 0. The van der Waals surface area contributed by atoms with Crippen molar-refractivity contribution in [2.45, 2.75) is 25.8 Å². The first-order valence-corrected chi connectivity index (χ1v) is 7.23. The van der Waals surface area contributed by atoms with Crippen LogP contribution in [0, 0.1) is 12.7 Å². The number of benzene rings is 1. The van der Waals surface area contributed by atoms with Crippen LogP contribution in [0.3, 0.4) is 0 Å². The number of anilines is 1. The van der Waals surface area contributed by atoms with Gasteiger partial charge in [0, 0.05) is 30.9 Å². The lowest BCUT2D eigenvalue weighted by atomic mass is 10.1. The van der Waals surface area contributed by atoms with E-state index in [0.717, 1.165) is 37.2 Å². The van der Waals surface area contributed by atoms with Crippen molar-refractivity contribution in [1.29, 1.82) is 0 Å². The molecule has 110 valence electrons. The molecule has 0 bridgehead atoms. The molecular weight excluding hydrogens is 267 g/mol. The van der Waals surface area contributed by atoms with Gasteiger partial charge in [0.1, 0.15) is 5.82 Å². The van der Waals surface area contributed by atoms with Crippen LogP contribution >= 0.6 is 0 Å². The van der Waals surface area contributed by atoms with E-state index in [1.54, 1.807) is 19.2 Å². The SMILES string of the molecule is Cc1ccc(-c2ccnc(N3CCC(N)CC3)n2)cc1F. The molecule has 0 aliphatic carbocycles. The summed E-state index contributed by atoms with van der Waals surface area (Å²) in [5.41, 5.74) is 8.07. The van der Waals surface area contributed by atoms with Crippen LogP contribution in [0.25, 0.3) is 11.3 Å². The van der Waals surface area contributed by atoms with Gasteiger partial charge >= 0.3 is 0 Å². The Morgan fingerprint density at radius 1 is 1.24 bits per heavy atom. The van der Waals surface area contributed by atoms with E-state index >= 15 is 0 Å². The smallest absolute Gasteiger partial charge is 0.225 e. The van der Waals surface area contributed by atoms with Gasteiger partial charge < -0.3 is 10.6 Å². The van der Waals surface area contributed by atoms with Gasteiger partial charge in [-0.3, -0.25) is 0 Å². The summed E-state index contributed by atoms with van der Waals surface area (Å²) in [6, 6.07) is 7.26. The minimum atomic E-state index is -0.211. The molecule has 2 N–H and O–H groups in total. The molecule has 0 radical (unpaired) electrons. The number of rotatable bonds is 2. The third-order valence-corrected chi connectivity index (χ3v) is 3.93. The number of hydrogen-bond acceptors (Lipinski definition) is 4. The fourth-order valence-corrected chi connectivity index (χ4v) is 2.51. The van der Waals surface area contributed by atoms with Gasteiger partial charge in [-0.15, -0.1) is 0 Å². The average Bonchev–Trinajstić information content (AvgIpc) is 2.51. The lowest BCUT2D eigenvalue weighted by Gasteiger charge is -2.30. The molecule has 1 aromatic heterocycles. The second kappa shape index (κ2) is 5.77. The molecule has 21 heavy (non-hydrogen) atoms. The molecule has 2 heterocycles. The van der Waals surface area contributed by atoms with Crippen molar-refractivity contribution < 1.29 is 4.39 Å². The number of hydrogen-bond donors (Lipinski definition) is 1. The van der Waals surface area contributed by atoms with E-state index in [4.69, 9.17) is 5.73 Å². The molecule has 4 nitrogen and oxygen atoms in total. The van der Waals surface area contributed by atoms with Crippen molar-refractivity contribution in [3.8, 4) is 11.3 Å². The Bertz CT molecular complexity index is 636. The van der Waals surface area contributed by atoms with E-state index in [0.29, 0.717) is 11.5 Å². The maximum absolute atomic E-state index is 13.7. The molecule has 1 aromatic carbocycles. The predicted octanol–water partition coefficient (Wildman–Crippen LogP) is 2.52. The number of aromatic nitrogens is 2. The molecule has 0 spiro atoms. The van der Waals surface area contributed by atoms with Gasteiger partial charge in [0.2, 0.25) is 5.95 Å². The van der Waals surface area contributed by atoms with E-state index in [9.17, 15) is 4.39 Å². The van der Waals surface area contributed by atoms with Gasteiger partial charge in [-0.25, -0.2) is 14.4 Å². The summed E-state index contributed by atoms with van der Waals surface area (Å²) in [5.74, 6) is 0.483. The van der Waals surface area contributed by atoms with Crippen molar-refractivity contribution in [3.05, 3.63) is 41.8 Å². The first-order valence-electron chi connectivity index (χ1n) is 7.23. The largest absolute Gasteiger partial charge is 0.341 e. The van der Waals surface area contributed by atoms with Crippen LogP contribution < -0.4 is 10.6 Å². The van der Waals surface area contributed by atoms with Gasteiger partial charge in [-0.05, 0) is 37.5 Å². The van der Waals surface area contributed by atoms with Crippen LogP contribution in [0.2, 0.25) is 0 Å². The molecule has 1 aliphatic rings. The molecule has 1 fully saturated rings. The minimum Gasteiger partial charge on any atom is -0.341 e. The summed E-state index contributed by atoms with van der Waals surface area (Å²) in [5, 5.41) is 0. The minimum absolute atomic E-state index is 0.211. The van der Waals surface area contributed by atoms with Crippen molar-refractivity contribution in [2.75, 3.05) is 18.0 Å². The number of nitrogens with zero attached hydrogens (tertiary/aromatic N) is 3. The average molecular weight is 286 g/mol. The van der Waals surface area contributed by atoms with Crippen molar-refractivity contribution in [2.24, 2.45) is 5.73 Å². The topological polar surface area (TPSA) is 55.0 Å². The molecule has 0 unspecified atom stereocenters. The number of nitrogens with two attached hydrogens (primary N) is 1. The van der Waals surface area contributed by atoms with Crippen LogP contribution in [0.1, 0.15) is 18.4 Å². The molecule has 0 atom stereocenters. The van der Waals surface area contributed by atoms with Crippen molar-refractivity contribution in [1.82, 2.24) is 9.97 Å². The van der Waals surface area contributed by atoms with Crippen LogP contribution in [0.5, 0.6) is 0 Å². The first kappa shape index (κ1) is 13.9. The highest BCUT2D eigenvalue weighted by Crippen LogP contribution is 2.22. The lowest BCUT2D eigenvalue weighted by Crippen LogP contribution is -2.40. The molecule has 1 saturated heterocycles. The second-order valence-electron chi connectivity index (χ2n) is 5.53. The molecule has 0 saturated carbocycles. The Balaban J connectivity index is 1.87. The summed E-state index contributed by atoms with van der Waals surface area (Å²) in [6.45, 7) is 3.49. The van der Waals surface area contributed by atoms with E-state index in [1.165, 1.54) is 6.07 Å². The standard InChI is InChI=1S/C16H19FN4/c1-11-2-3-12(10-14(11)17)15-4-7-19-16(20-15)21-8-5-13(18)6-9-21/h2-4,7,10,13H,5-6,8-9,18H2,1H3. The second-order valence-corrected chi connectivity index (χ2v) is 5.53. The third-order valence-electron chi connectivity index (χ3n) is 3.93. The van der Waals surface area contributed by atoms with Crippen molar-refractivity contribution in [3.63, 3.8) is 0 Å². The maximum Gasteiger partial charge on any atom is 0.225 e. The highest BCUT2D eigenvalue weighted by atomic mass is 19.1. The summed E-state index contributed by atoms with van der Waals surface area (Å²) in [6.07, 6.45) is 3.63. The first-order chi connectivity index (χ1) is 10.1. The molecule has 2 aromatic rings. The summed E-state index contributed by atoms with van der Waals surface area (Å²) in [4.78, 5) is 11.0. The van der Waals surface area contributed by atoms with Gasteiger partial charge in [-0.2, -0.15) is 0 Å². The van der Waals surface area contributed by atoms with Gasteiger partial charge in [0.05, 0.1) is 5.69 Å². The zero-order valence-corrected chi connectivity index (χ0v) is 12.1. The Kier molecular flexibility index (Phi) is 3.84. The zero-order chi connectivity index (χ0) is 14.8. The monoisotopic (exact) mass is 286 g/mol. The van der Waals surface area contributed by atoms with Gasteiger partial charge in [0.15, 0.2) is 0 Å². The highest BCUT2D eigenvalue weighted by molar-refractivity contribution is 5.60. The number of halogens is 1.